The Bertz CT molecular complexity index is 1240. The molecular formula is C30H38BrN. The fourth-order valence-electron chi connectivity index (χ4n) is 6.19. The van der Waals surface area contributed by atoms with E-state index < -0.39 is 0 Å². The predicted molar refractivity (Wildman–Crippen MR) is 142 cm³/mol. The van der Waals surface area contributed by atoms with Crippen LogP contribution < -0.4 is 0 Å². The zero-order valence-corrected chi connectivity index (χ0v) is 22.7. The second kappa shape index (κ2) is 6.75. The Morgan fingerprint density at radius 1 is 0.625 bits per heavy atom. The van der Waals surface area contributed by atoms with Crippen molar-refractivity contribution in [2.45, 2.75) is 103 Å². The summed E-state index contributed by atoms with van der Waals surface area (Å²) in [7, 11) is 0. The first kappa shape index (κ1) is 22.3. The van der Waals surface area contributed by atoms with E-state index in [4.69, 9.17) is 0 Å². The lowest BCUT2D eigenvalue weighted by atomic mass is 9.63. The minimum absolute atomic E-state index is 0.211. The lowest BCUT2D eigenvalue weighted by Crippen LogP contribution is -2.34. The van der Waals surface area contributed by atoms with Crippen molar-refractivity contribution in [3.8, 4) is 5.69 Å². The van der Waals surface area contributed by atoms with Gasteiger partial charge in [-0.1, -0.05) is 61.5 Å². The van der Waals surface area contributed by atoms with Gasteiger partial charge in [0, 0.05) is 21.7 Å². The first-order chi connectivity index (χ1) is 14.7. The molecule has 0 spiro atoms. The highest BCUT2D eigenvalue weighted by molar-refractivity contribution is 9.10. The van der Waals surface area contributed by atoms with Crippen molar-refractivity contribution in [1.29, 1.82) is 0 Å². The molecule has 0 radical (unpaired) electrons. The Hall–Kier alpha value is -1.54. The van der Waals surface area contributed by atoms with E-state index in [0.29, 0.717) is 0 Å². The van der Waals surface area contributed by atoms with Crippen molar-refractivity contribution in [3.63, 3.8) is 0 Å². The molecule has 170 valence electrons. The van der Waals surface area contributed by atoms with Gasteiger partial charge in [-0.25, -0.2) is 0 Å². The molecule has 3 aromatic rings. The summed E-state index contributed by atoms with van der Waals surface area (Å²) in [5, 5.41) is 1.33. The molecule has 0 saturated heterocycles. The van der Waals surface area contributed by atoms with Gasteiger partial charge in [-0.05, 0) is 110 Å². The van der Waals surface area contributed by atoms with Crippen molar-refractivity contribution in [2.75, 3.05) is 0 Å². The maximum Gasteiger partial charge on any atom is 0.0543 e. The van der Waals surface area contributed by atoms with Gasteiger partial charge in [0.15, 0.2) is 0 Å². The molecule has 2 aromatic carbocycles. The Balaban J connectivity index is 1.75. The van der Waals surface area contributed by atoms with Crippen LogP contribution in [-0.4, -0.2) is 4.57 Å². The molecule has 0 bridgehead atoms. The summed E-state index contributed by atoms with van der Waals surface area (Å²) in [4.78, 5) is 0. The van der Waals surface area contributed by atoms with E-state index >= 15 is 0 Å². The average molecular weight is 493 g/mol. The zero-order valence-electron chi connectivity index (χ0n) is 21.1. The smallest absolute Gasteiger partial charge is 0.0543 e. The minimum atomic E-state index is 0.211. The summed E-state index contributed by atoms with van der Waals surface area (Å²) in [5.74, 6) is 0. The van der Waals surface area contributed by atoms with E-state index in [-0.39, 0.29) is 21.7 Å². The predicted octanol–water partition coefficient (Wildman–Crippen LogP) is 9.09. The fourth-order valence-corrected chi connectivity index (χ4v) is 6.71. The third kappa shape index (κ3) is 3.23. The second-order valence-corrected chi connectivity index (χ2v) is 13.9. The lowest BCUT2D eigenvalue weighted by molar-refractivity contribution is 0.332. The number of hydrogen-bond acceptors (Lipinski definition) is 0. The standard InChI is InChI=1S/C30H38BrN/c1-27(2)11-12-28(3,4)22-15-19(9-10-21(22)27)32-18-25(31)20-16-23-24(17-26(20)32)30(7,8)14-13-29(23,5)6/h9-10,15-18H,11-14H2,1-8H3. The Labute approximate surface area is 202 Å². The molecule has 32 heavy (non-hydrogen) atoms. The highest BCUT2D eigenvalue weighted by Crippen LogP contribution is 2.49. The SMILES string of the molecule is CC1(C)CCC(C)(C)c2cc(-n3cc(Br)c4cc5c(cc43)C(C)(C)CCC5(C)C)ccc21. The third-order valence-electron chi connectivity index (χ3n) is 8.84. The van der Waals surface area contributed by atoms with Crippen LogP contribution in [0.2, 0.25) is 0 Å². The van der Waals surface area contributed by atoms with E-state index in [1.807, 2.05) is 0 Å². The molecule has 0 atom stereocenters. The van der Waals surface area contributed by atoms with Gasteiger partial charge in [-0.2, -0.15) is 0 Å². The molecule has 0 N–H and O–H groups in total. The summed E-state index contributed by atoms with van der Waals surface area (Å²) in [6.07, 6.45) is 7.25. The molecule has 5 rings (SSSR count). The van der Waals surface area contributed by atoms with Gasteiger partial charge < -0.3 is 4.57 Å². The van der Waals surface area contributed by atoms with Gasteiger partial charge in [0.2, 0.25) is 0 Å². The third-order valence-corrected chi connectivity index (χ3v) is 9.47. The number of nitrogens with zero attached hydrogens (tertiary/aromatic N) is 1. The van der Waals surface area contributed by atoms with Crippen LogP contribution in [0.3, 0.4) is 0 Å². The topological polar surface area (TPSA) is 4.93 Å². The van der Waals surface area contributed by atoms with Crippen LogP contribution in [0.5, 0.6) is 0 Å². The number of fused-ring (bicyclic) bond motifs is 3. The van der Waals surface area contributed by atoms with Gasteiger partial charge in [-0.15, -0.1) is 0 Å². The number of hydrogen-bond donors (Lipinski definition) is 0. The first-order valence-electron chi connectivity index (χ1n) is 12.2. The van der Waals surface area contributed by atoms with Crippen molar-refractivity contribution >= 4 is 26.8 Å². The van der Waals surface area contributed by atoms with Crippen molar-refractivity contribution in [2.24, 2.45) is 0 Å². The van der Waals surface area contributed by atoms with E-state index in [1.54, 1.807) is 0 Å². The fraction of sp³-hybridized carbons (Fsp3) is 0.533. The molecule has 1 heterocycles. The molecule has 1 nitrogen and oxygen atoms in total. The van der Waals surface area contributed by atoms with Crippen LogP contribution in [0, 0.1) is 0 Å². The summed E-state index contributed by atoms with van der Waals surface area (Å²) >= 11 is 3.90. The molecule has 0 amide bonds. The van der Waals surface area contributed by atoms with Crippen molar-refractivity contribution in [3.05, 3.63) is 63.3 Å². The van der Waals surface area contributed by atoms with Crippen LogP contribution in [0.1, 0.15) is 103 Å². The maximum absolute atomic E-state index is 3.90. The van der Waals surface area contributed by atoms with Crippen LogP contribution in [0.15, 0.2) is 41.0 Å². The first-order valence-corrected chi connectivity index (χ1v) is 13.0. The Morgan fingerprint density at radius 3 is 1.66 bits per heavy atom. The van der Waals surface area contributed by atoms with Crippen molar-refractivity contribution < 1.29 is 0 Å². The summed E-state index contributed by atoms with van der Waals surface area (Å²) in [5.41, 5.74) is 9.57. The lowest BCUT2D eigenvalue weighted by Gasteiger charge is -2.42. The van der Waals surface area contributed by atoms with E-state index in [2.05, 4.69) is 112 Å². The van der Waals surface area contributed by atoms with Crippen LogP contribution in [0.4, 0.5) is 0 Å². The van der Waals surface area contributed by atoms with Gasteiger partial charge in [-0.3, -0.25) is 0 Å². The van der Waals surface area contributed by atoms with E-state index in [9.17, 15) is 0 Å². The zero-order chi connectivity index (χ0) is 23.3. The maximum atomic E-state index is 3.90. The molecule has 0 unspecified atom stereocenters. The van der Waals surface area contributed by atoms with Crippen LogP contribution >= 0.6 is 15.9 Å². The molecule has 0 fully saturated rings. The number of aromatic nitrogens is 1. The summed E-state index contributed by atoms with van der Waals surface area (Å²) in [6, 6.07) is 12.2. The Kier molecular flexibility index (Phi) is 4.70. The number of benzene rings is 2. The molecular weight excluding hydrogens is 454 g/mol. The number of rotatable bonds is 1. The van der Waals surface area contributed by atoms with Gasteiger partial charge in [0.05, 0.1) is 5.52 Å². The molecule has 1 aromatic heterocycles. The minimum Gasteiger partial charge on any atom is -0.315 e. The molecule has 2 aliphatic rings. The van der Waals surface area contributed by atoms with Crippen LogP contribution in [0.25, 0.3) is 16.6 Å². The molecule has 0 saturated carbocycles. The van der Waals surface area contributed by atoms with E-state index in [1.165, 1.54) is 69.0 Å². The molecule has 2 aliphatic carbocycles. The monoisotopic (exact) mass is 491 g/mol. The molecule has 0 aliphatic heterocycles. The largest absolute Gasteiger partial charge is 0.315 e. The van der Waals surface area contributed by atoms with E-state index in [0.717, 1.165) is 0 Å². The van der Waals surface area contributed by atoms with Gasteiger partial charge in [0.25, 0.3) is 0 Å². The highest BCUT2D eigenvalue weighted by Gasteiger charge is 2.39. The summed E-state index contributed by atoms with van der Waals surface area (Å²) in [6.45, 7) is 19.3. The highest BCUT2D eigenvalue weighted by atomic mass is 79.9. The quantitative estimate of drug-likeness (QED) is 0.319. The summed E-state index contributed by atoms with van der Waals surface area (Å²) < 4.78 is 3.60. The number of halogens is 1. The van der Waals surface area contributed by atoms with Gasteiger partial charge >= 0.3 is 0 Å². The second-order valence-electron chi connectivity index (χ2n) is 13.0. The van der Waals surface area contributed by atoms with Crippen LogP contribution in [-0.2, 0) is 21.7 Å². The molecule has 2 heteroatoms. The van der Waals surface area contributed by atoms with Crippen molar-refractivity contribution in [1.82, 2.24) is 4.57 Å². The average Bonchev–Trinajstić information content (AvgIpc) is 3.04. The Morgan fingerprint density at radius 2 is 1.09 bits per heavy atom. The normalized spacial score (nSPS) is 22.4. The van der Waals surface area contributed by atoms with Gasteiger partial charge in [0.1, 0.15) is 0 Å².